The van der Waals surface area contributed by atoms with E-state index in [-0.39, 0.29) is 30.3 Å². The van der Waals surface area contributed by atoms with Crippen molar-refractivity contribution < 1.29 is 14.3 Å². The van der Waals surface area contributed by atoms with Crippen molar-refractivity contribution in [1.29, 1.82) is 0 Å². The molecule has 2 heterocycles. The Kier molecular flexibility index (Phi) is 8.00. The number of amides is 2. The van der Waals surface area contributed by atoms with E-state index in [0.29, 0.717) is 19.6 Å². The second-order valence-electron chi connectivity index (χ2n) is 11.5. The first-order chi connectivity index (χ1) is 20.9. The van der Waals surface area contributed by atoms with Crippen molar-refractivity contribution in [1.82, 2.24) is 9.55 Å². The van der Waals surface area contributed by atoms with Gasteiger partial charge in [-0.25, -0.2) is 4.98 Å². The Morgan fingerprint density at radius 3 is 2.58 bits per heavy atom. The van der Waals surface area contributed by atoms with Gasteiger partial charge in [-0.05, 0) is 55.0 Å². The highest BCUT2D eigenvalue weighted by Gasteiger charge is 2.36. The van der Waals surface area contributed by atoms with Crippen molar-refractivity contribution in [3.63, 3.8) is 0 Å². The molecule has 2 atom stereocenters. The summed E-state index contributed by atoms with van der Waals surface area (Å²) in [6, 6.07) is 28.1. The van der Waals surface area contributed by atoms with E-state index in [1.165, 1.54) is 0 Å². The number of fused-ring (bicyclic) bond motifs is 2. The molecule has 0 radical (unpaired) electrons. The van der Waals surface area contributed by atoms with Gasteiger partial charge in [0.2, 0.25) is 11.8 Å². The molecule has 4 aromatic carbocycles. The van der Waals surface area contributed by atoms with Gasteiger partial charge in [-0.15, -0.1) is 0 Å². The van der Waals surface area contributed by atoms with E-state index >= 15 is 0 Å². The number of aryl methyl sites for hydroxylation is 2. The minimum Gasteiger partial charge on any atom is -0.383 e. The number of aromatic nitrogens is 2. The molecule has 2 amide bonds. The zero-order valence-corrected chi connectivity index (χ0v) is 25.3. The molecule has 0 aliphatic carbocycles. The fourth-order valence-corrected chi connectivity index (χ4v) is 6.60. The van der Waals surface area contributed by atoms with E-state index in [2.05, 4.69) is 44.2 Å². The Bertz CT molecular complexity index is 1800. The van der Waals surface area contributed by atoms with Crippen molar-refractivity contribution in [2.24, 2.45) is 0 Å². The molecular weight excluding hydrogens is 536 g/mol. The van der Waals surface area contributed by atoms with Crippen LogP contribution in [0.3, 0.4) is 0 Å². The number of benzene rings is 4. The van der Waals surface area contributed by atoms with Crippen molar-refractivity contribution in [3.8, 4) is 0 Å². The van der Waals surface area contributed by atoms with Crippen molar-refractivity contribution in [2.45, 2.75) is 52.1 Å². The predicted molar refractivity (Wildman–Crippen MR) is 173 cm³/mol. The van der Waals surface area contributed by atoms with Crippen LogP contribution < -0.4 is 9.80 Å². The number of ether oxygens (including phenoxy) is 1. The Morgan fingerprint density at radius 2 is 1.77 bits per heavy atom. The Morgan fingerprint density at radius 1 is 1.02 bits per heavy atom. The maximum atomic E-state index is 14.4. The summed E-state index contributed by atoms with van der Waals surface area (Å²) in [7, 11) is 1.66. The standard InChI is InChI=1S/C36H38N4O3/c1-5-26-14-10-12-24(2)35(26)40(25(3)23-43-4)34(42)22-39-32-18-9-8-17-30(32)37-36(39)28-20-33(41)38(21-28)31-19-11-15-27-13-6-7-16-29(27)31/h6-19,25,28H,5,20-23H2,1-4H3. The number of anilines is 2. The third-order valence-electron chi connectivity index (χ3n) is 8.59. The molecule has 1 aliphatic rings. The number of hydrogen-bond donors (Lipinski definition) is 0. The molecule has 0 bridgehead atoms. The number of carbonyl (C=O) groups is 2. The second-order valence-corrected chi connectivity index (χ2v) is 11.5. The summed E-state index contributed by atoms with van der Waals surface area (Å²) in [5.74, 6) is 0.647. The number of nitrogens with zero attached hydrogens (tertiary/aromatic N) is 4. The minimum absolute atomic E-state index is 0.0341. The van der Waals surface area contributed by atoms with Crippen molar-refractivity contribution in [3.05, 3.63) is 102 Å². The molecular formula is C36H38N4O3. The second kappa shape index (κ2) is 12.0. The summed E-state index contributed by atoms with van der Waals surface area (Å²) in [6.45, 7) is 7.22. The summed E-state index contributed by atoms with van der Waals surface area (Å²) in [4.78, 5) is 36.7. The van der Waals surface area contributed by atoms with Crippen LogP contribution in [0.1, 0.15) is 43.1 Å². The molecule has 0 N–H and O–H groups in total. The lowest BCUT2D eigenvalue weighted by atomic mass is 10.0. The van der Waals surface area contributed by atoms with E-state index in [9.17, 15) is 9.59 Å². The third kappa shape index (κ3) is 5.30. The van der Waals surface area contributed by atoms with Gasteiger partial charge in [-0.1, -0.05) is 73.7 Å². The molecule has 1 aromatic heterocycles. The van der Waals surface area contributed by atoms with E-state index in [1.54, 1.807) is 7.11 Å². The number of hydrogen-bond acceptors (Lipinski definition) is 4. The van der Waals surface area contributed by atoms with Crippen LogP contribution in [0.4, 0.5) is 11.4 Å². The molecule has 43 heavy (non-hydrogen) atoms. The molecule has 7 heteroatoms. The van der Waals surface area contributed by atoms with Gasteiger partial charge >= 0.3 is 0 Å². The van der Waals surface area contributed by atoms with Crippen LogP contribution in [-0.2, 0) is 27.3 Å². The summed E-state index contributed by atoms with van der Waals surface area (Å²) >= 11 is 0. The number of methoxy groups -OCH3 is 1. The Labute approximate surface area is 252 Å². The summed E-state index contributed by atoms with van der Waals surface area (Å²) in [6.07, 6.45) is 1.15. The third-order valence-corrected chi connectivity index (χ3v) is 8.59. The maximum absolute atomic E-state index is 14.4. The van der Waals surface area contributed by atoms with E-state index in [0.717, 1.165) is 56.6 Å². The van der Waals surface area contributed by atoms with Gasteiger partial charge in [0.05, 0.1) is 35.1 Å². The van der Waals surface area contributed by atoms with Crippen LogP contribution in [0.25, 0.3) is 21.8 Å². The smallest absolute Gasteiger partial charge is 0.247 e. The fraction of sp³-hybridized carbons (Fsp3) is 0.306. The lowest BCUT2D eigenvalue weighted by Crippen LogP contribution is -2.44. The molecule has 220 valence electrons. The topological polar surface area (TPSA) is 67.7 Å². The summed E-state index contributed by atoms with van der Waals surface area (Å²) in [5.41, 5.74) is 5.75. The molecule has 5 aromatic rings. The van der Waals surface area contributed by atoms with Crippen LogP contribution in [0, 0.1) is 6.92 Å². The van der Waals surface area contributed by atoms with Crippen molar-refractivity contribution >= 4 is 45.0 Å². The zero-order chi connectivity index (χ0) is 30.1. The molecule has 2 unspecified atom stereocenters. The molecule has 0 saturated carbocycles. The van der Waals surface area contributed by atoms with Gasteiger partial charge in [-0.3, -0.25) is 9.59 Å². The highest BCUT2D eigenvalue weighted by atomic mass is 16.5. The van der Waals surface area contributed by atoms with Gasteiger partial charge in [0, 0.05) is 31.4 Å². The molecule has 0 spiro atoms. The van der Waals surface area contributed by atoms with Crippen LogP contribution in [0.2, 0.25) is 0 Å². The average molecular weight is 575 g/mol. The highest BCUT2D eigenvalue weighted by molar-refractivity contribution is 6.05. The largest absolute Gasteiger partial charge is 0.383 e. The first kappa shape index (κ1) is 28.6. The van der Waals surface area contributed by atoms with Crippen molar-refractivity contribution in [2.75, 3.05) is 30.1 Å². The van der Waals surface area contributed by atoms with Gasteiger partial charge < -0.3 is 19.1 Å². The maximum Gasteiger partial charge on any atom is 0.247 e. The number of carbonyl (C=O) groups excluding carboxylic acids is 2. The molecule has 6 rings (SSSR count). The molecule has 1 saturated heterocycles. The first-order valence-electron chi connectivity index (χ1n) is 15.0. The predicted octanol–water partition coefficient (Wildman–Crippen LogP) is 6.65. The number of para-hydroxylation sites is 3. The first-order valence-corrected chi connectivity index (χ1v) is 15.0. The average Bonchev–Trinajstić information content (AvgIpc) is 3.58. The zero-order valence-electron chi connectivity index (χ0n) is 25.3. The summed E-state index contributed by atoms with van der Waals surface area (Å²) in [5, 5.41) is 2.15. The Balaban J connectivity index is 1.39. The normalized spacial score (nSPS) is 15.9. The quantitative estimate of drug-likeness (QED) is 0.198. The number of rotatable bonds is 9. The monoisotopic (exact) mass is 574 g/mol. The van der Waals surface area contributed by atoms with Gasteiger partial charge in [0.1, 0.15) is 12.4 Å². The molecule has 1 aliphatic heterocycles. The SMILES string of the molecule is CCc1cccc(C)c1N(C(=O)Cn1c(C2CC(=O)N(c3cccc4ccccc34)C2)nc2ccccc21)C(C)COC. The fourth-order valence-electron chi connectivity index (χ4n) is 6.60. The van der Waals surface area contributed by atoms with Crippen LogP contribution in [0.5, 0.6) is 0 Å². The minimum atomic E-state index is -0.169. The lowest BCUT2D eigenvalue weighted by molar-refractivity contribution is -0.120. The summed E-state index contributed by atoms with van der Waals surface area (Å²) < 4.78 is 7.55. The highest BCUT2D eigenvalue weighted by Crippen LogP contribution is 2.37. The van der Waals surface area contributed by atoms with Gasteiger partial charge in [0.25, 0.3) is 0 Å². The number of imidazole rings is 1. The van der Waals surface area contributed by atoms with Gasteiger partial charge in [-0.2, -0.15) is 0 Å². The van der Waals surface area contributed by atoms with E-state index in [1.807, 2.05) is 75.9 Å². The van der Waals surface area contributed by atoms with E-state index in [4.69, 9.17) is 9.72 Å². The van der Waals surface area contributed by atoms with Crippen LogP contribution in [0.15, 0.2) is 84.9 Å². The van der Waals surface area contributed by atoms with Crippen LogP contribution in [-0.4, -0.2) is 47.7 Å². The molecule has 1 fully saturated rings. The van der Waals surface area contributed by atoms with Crippen LogP contribution >= 0.6 is 0 Å². The Hall–Kier alpha value is -4.49. The lowest BCUT2D eigenvalue weighted by Gasteiger charge is -2.32. The molecule has 7 nitrogen and oxygen atoms in total. The van der Waals surface area contributed by atoms with Gasteiger partial charge in [0.15, 0.2) is 0 Å². The van der Waals surface area contributed by atoms with E-state index < -0.39 is 0 Å².